The fourth-order valence-electron chi connectivity index (χ4n) is 2.79. The highest BCUT2D eigenvalue weighted by molar-refractivity contribution is 5.98. The molecule has 7 heteroatoms. The summed E-state index contributed by atoms with van der Waals surface area (Å²) < 4.78 is 0. The largest absolute Gasteiger partial charge is 0.508 e. The zero-order valence-electron chi connectivity index (χ0n) is 14.4. The smallest absolute Gasteiger partial charge is 0.338 e. The Labute approximate surface area is 160 Å². The third-order valence-electron chi connectivity index (χ3n) is 3.74. The molecule has 0 atom stereocenters. The summed E-state index contributed by atoms with van der Waals surface area (Å²) in [5.41, 5.74) is 9.50. The van der Waals surface area contributed by atoms with Crippen molar-refractivity contribution in [2.45, 2.75) is 33.7 Å². The van der Waals surface area contributed by atoms with Crippen LogP contribution in [-0.2, 0) is 13.0 Å². The van der Waals surface area contributed by atoms with E-state index >= 15 is 0 Å². The molecule has 0 aliphatic carbocycles. The number of aromatic carboxylic acids is 1. The first-order valence-corrected chi connectivity index (χ1v) is 7.60. The van der Waals surface area contributed by atoms with Gasteiger partial charge in [-0.2, -0.15) is 0 Å². The predicted molar refractivity (Wildman–Crippen MR) is 104 cm³/mol. The van der Waals surface area contributed by atoms with Crippen molar-refractivity contribution in [1.29, 1.82) is 0 Å². The number of hydrogen-bond acceptors (Lipinski definition) is 4. The highest BCUT2D eigenvalue weighted by Gasteiger charge is 2.23. The maximum absolute atomic E-state index is 11.8. The minimum atomic E-state index is -1.02. The molecule has 1 aromatic carbocycles. The van der Waals surface area contributed by atoms with Crippen molar-refractivity contribution in [3.8, 4) is 16.9 Å². The molecule has 0 radical (unpaired) electrons. The number of pyridine rings is 1. The van der Waals surface area contributed by atoms with E-state index < -0.39 is 5.97 Å². The number of aromatic nitrogens is 1. The van der Waals surface area contributed by atoms with E-state index in [1.165, 1.54) is 0 Å². The van der Waals surface area contributed by atoms with Crippen LogP contribution >= 0.6 is 24.8 Å². The lowest BCUT2D eigenvalue weighted by atomic mass is 9.90. The monoisotopic (exact) mass is 386 g/mol. The van der Waals surface area contributed by atoms with Gasteiger partial charge in [0.2, 0.25) is 0 Å². The van der Waals surface area contributed by atoms with Gasteiger partial charge < -0.3 is 15.9 Å². The standard InChI is InChI=1S/C18H22N2O3.2ClH/c1-10(2)8-15-14(9-19)17(12-4-6-13(21)7-5-12)16(18(22)23)11(3)20-15;;/h4-7,10,21H,8-9,19H2,1-3H3,(H,22,23);2*1H. The third-order valence-corrected chi connectivity index (χ3v) is 3.74. The first-order chi connectivity index (χ1) is 10.8. The van der Waals surface area contributed by atoms with Crippen LogP contribution in [-0.4, -0.2) is 21.2 Å². The van der Waals surface area contributed by atoms with Crippen LogP contribution < -0.4 is 5.73 Å². The summed E-state index contributed by atoms with van der Waals surface area (Å²) in [6.45, 7) is 6.09. The number of phenols is 1. The van der Waals surface area contributed by atoms with E-state index in [1.807, 2.05) is 0 Å². The van der Waals surface area contributed by atoms with Crippen LogP contribution in [0.5, 0.6) is 5.75 Å². The number of hydrogen-bond donors (Lipinski definition) is 3. The molecule has 1 heterocycles. The summed E-state index contributed by atoms with van der Waals surface area (Å²) in [6.07, 6.45) is 0.734. The number of nitrogens with zero attached hydrogens (tertiary/aromatic N) is 1. The van der Waals surface area contributed by atoms with Crippen LogP contribution in [0.1, 0.15) is 41.2 Å². The average molecular weight is 387 g/mol. The highest BCUT2D eigenvalue weighted by atomic mass is 35.5. The van der Waals surface area contributed by atoms with Gasteiger partial charge in [0.05, 0.1) is 11.3 Å². The molecular weight excluding hydrogens is 363 g/mol. The van der Waals surface area contributed by atoms with Gasteiger partial charge in [-0.15, -0.1) is 24.8 Å². The van der Waals surface area contributed by atoms with Gasteiger partial charge in [-0.05, 0) is 42.5 Å². The van der Waals surface area contributed by atoms with Crippen LogP contribution in [0.25, 0.3) is 11.1 Å². The molecule has 5 nitrogen and oxygen atoms in total. The van der Waals surface area contributed by atoms with Gasteiger partial charge in [-0.3, -0.25) is 4.98 Å². The van der Waals surface area contributed by atoms with Crippen LogP contribution in [0, 0.1) is 12.8 Å². The zero-order chi connectivity index (χ0) is 17.1. The fourth-order valence-corrected chi connectivity index (χ4v) is 2.79. The minimum Gasteiger partial charge on any atom is -0.508 e. The second kappa shape index (κ2) is 9.61. The average Bonchev–Trinajstić information content (AvgIpc) is 2.46. The number of halogens is 2. The summed E-state index contributed by atoms with van der Waals surface area (Å²) in [6, 6.07) is 6.49. The number of aryl methyl sites for hydroxylation is 1. The molecule has 0 saturated heterocycles. The van der Waals surface area contributed by atoms with Crippen molar-refractivity contribution in [2.24, 2.45) is 11.7 Å². The van der Waals surface area contributed by atoms with Crippen LogP contribution in [0.3, 0.4) is 0 Å². The van der Waals surface area contributed by atoms with Gasteiger partial charge in [-0.25, -0.2) is 4.79 Å². The molecule has 0 unspecified atom stereocenters. The SMILES string of the molecule is Cc1nc(CC(C)C)c(CN)c(-c2ccc(O)cc2)c1C(=O)O.Cl.Cl. The van der Waals surface area contributed by atoms with Gasteiger partial charge in [-0.1, -0.05) is 26.0 Å². The van der Waals surface area contributed by atoms with Crippen LogP contribution in [0.4, 0.5) is 0 Å². The molecule has 25 heavy (non-hydrogen) atoms. The molecule has 0 spiro atoms. The maximum atomic E-state index is 11.8. The number of carboxylic acids is 1. The zero-order valence-corrected chi connectivity index (χ0v) is 16.1. The summed E-state index contributed by atoms with van der Waals surface area (Å²) in [7, 11) is 0. The number of carboxylic acid groups (broad SMARTS) is 1. The molecule has 1 aromatic heterocycles. The lowest BCUT2D eigenvalue weighted by molar-refractivity contribution is 0.0696. The molecule has 0 aliphatic heterocycles. The Kier molecular flexibility index (Phi) is 8.91. The molecule has 0 bridgehead atoms. The number of benzene rings is 1. The van der Waals surface area contributed by atoms with Crippen molar-refractivity contribution in [3.05, 3.63) is 46.8 Å². The molecule has 138 valence electrons. The Balaban J connectivity index is 0.00000288. The summed E-state index contributed by atoms with van der Waals surface area (Å²) >= 11 is 0. The summed E-state index contributed by atoms with van der Waals surface area (Å²) in [4.78, 5) is 16.3. The van der Waals surface area contributed by atoms with Gasteiger partial charge in [0.25, 0.3) is 0 Å². The van der Waals surface area contributed by atoms with Crippen molar-refractivity contribution >= 4 is 30.8 Å². The van der Waals surface area contributed by atoms with E-state index in [2.05, 4.69) is 18.8 Å². The molecular formula is C18H24Cl2N2O3. The maximum Gasteiger partial charge on any atom is 0.338 e. The normalized spacial score (nSPS) is 10.1. The Bertz CT molecular complexity index is 732. The second-order valence-corrected chi connectivity index (χ2v) is 6.03. The Morgan fingerprint density at radius 2 is 1.76 bits per heavy atom. The first-order valence-electron chi connectivity index (χ1n) is 7.60. The van der Waals surface area contributed by atoms with Crippen LogP contribution in [0.15, 0.2) is 24.3 Å². The third kappa shape index (κ3) is 5.08. The van der Waals surface area contributed by atoms with E-state index in [0.29, 0.717) is 17.2 Å². The summed E-state index contributed by atoms with van der Waals surface area (Å²) in [5, 5.41) is 19.1. The van der Waals surface area contributed by atoms with E-state index in [4.69, 9.17) is 5.73 Å². The lowest BCUT2D eigenvalue weighted by Crippen LogP contribution is -2.15. The van der Waals surface area contributed by atoms with E-state index in [9.17, 15) is 15.0 Å². The molecule has 0 aliphatic rings. The van der Waals surface area contributed by atoms with Gasteiger partial charge in [0, 0.05) is 17.8 Å². The molecule has 0 saturated carbocycles. The Hall–Kier alpha value is -1.82. The topological polar surface area (TPSA) is 96.4 Å². The highest BCUT2D eigenvalue weighted by Crippen LogP contribution is 2.33. The number of aromatic hydroxyl groups is 1. The number of rotatable bonds is 5. The number of phenolic OH excluding ortho intramolecular Hbond substituents is 1. The number of nitrogens with two attached hydrogens (primary N) is 1. The Morgan fingerprint density at radius 1 is 1.20 bits per heavy atom. The predicted octanol–water partition coefficient (Wildman–Crippen LogP) is 3.96. The van der Waals surface area contributed by atoms with E-state index in [-0.39, 0.29) is 42.7 Å². The van der Waals surface area contributed by atoms with Crippen LogP contribution in [0.2, 0.25) is 0 Å². The number of carbonyl (C=O) groups is 1. The first kappa shape index (κ1) is 23.2. The molecule has 2 aromatic rings. The minimum absolute atomic E-state index is 0. The van der Waals surface area contributed by atoms with E-state index in [1.54, 1.807) is 31.2 Å². The lowest BCUT2D eigenvalue weighted by Gasteiger charge is -2.19. The van der Waals surface area contributed by atoms with Crippen molar-refractivity contribution in [1.82, 2.24) is 4.98 Å². The summed E-state index contributed by atoms with van der Waals surface area (Å²) in [5.74, 6) is -0.507. The second-order valence-electron chi connectivity index (χ2n) is 6.03. The van der Waals surface area contributed by atoms with Crippen molar-refractivity contribution in [2.75, 3.05) is 0 Å². The Morgan fingerprint density at radius 3 is 2.20 bits per heavy atom. The van der Waals surface area contributed by atoms with Gasteiger partial charge >= 0.3 is 5.97 Å². The molecule has 0 amide bonds. The van der Waals surface area contributed by atoms with Gasteiger partial charge in [0.1, 0.15) is 5.75 Å². The van der Waals surface area contributed by atoms with Gasteiger partial charge in [0.15, 0.2) is 0 Å². The van der Waals surface area contributed by atoms with Crippen molar-refractivity contribution < 1.29 is 15.0 Å². The van der Waals surface area contributed by atoms with Crippen molar-refractivity contribution in [3.63, 3.8) is 0 Å². The molecule has 0 fully saturated rings. The van der Waals surface area contributed by atoms with E-state index in [0.717, 1.165) is 23.2 Å². The quantitative estimate of drug-likeness (QED) is 0.722. The molecule has 2 rings (SSSR count). The fraction of sp³-hybridized carbons (Fsp3) is 0.333. The molecule has 4 N–H and O–H groups in total.